The van der Waals surface area contributed by atoms with Crippen molar-refractivity contribution in [3.05, 3.63) is 65.2 Å². The second kappa shape index (κ2) is 7.70. The SMILES string of the molecule is CC(NCCc1ccc(CO)cc1)c1ccc(S(N)(=O)=O)cc1. The van der Waals surface area contributed by atoms with Gasteiger partial charge < -0.3 is 10.4 Å². The van der Waals surface area contributed by atoms with Crippen LogP contribution < -0.4 is 10.5 Å². The fourth-order valence-corrected chi connectivity index (χ4v) is 2.82. The van der Waals surface area contributed by atoms with Crippen molar-refractivity contribution in [1.29, 1.82) is 0 Å². The Morgan fingerprint density at radius 1 is 1.04 bits per heavy atom. The van der Waals surface area contributed by atoms with E-state index in [-0.39, 0.29) is 17.5 Å². The van der Waals surface area contributed by atoms with Crippen LogP contribution in [0.25, 0.3) is 0 Å². The summed E-state index contributed by atoms with van der Waals surface area (Å²) in [7, 11) is -3.64. The summed E-state index contributed by atoms with van der Waals surface area (Å²) in [6.45, 7) is 2.89. The highest BCUT2D eigenvalue weighted by Crippen LogP contribution is 2.15. The van der Waals surface area contributed by atoms with Gasteiger partial charge in [0.25, 0.3) is 0 Å². The molecule has 0 aliphatic carbocycles. The van der Waals surface area contributed by atoms with E-state index in [0.717, 1.165) is 24.1 Å². The Labute approximate surface area is 137 Å². The lowest BCUT2D eigenvalue weighted by Crippen LogP contribution is -2.21. The number of nitrogens with two attached hydrogens (primary N) is 1. The van der Waals surface area contributed by atoms with Crippen LogP contribution in [0.3, 0.4) is 0 Å². The summed E-state index contributed by atoms with van der Waals surface area (Å²) < 4.78 is 22.5. The summed E-state index contributed by atoms with van der Waals surface area (Å²) in [5.41, 5.74) is 3.12. The van der Waals surface area contributed by atoms with Gasteiger partial charge in [-0.1, -0.05) is 36.4 Å². The van der Waals surface area contributed by atoms with Crippen molar-refractivity contribution in [3.8, 4) is 0 Å². The van der Waals surface area contributed by atoms with Crippen LogP contribution in [0, 0.1) is 0 Å². The largest absolute Gasteiger partial charge is 0.392 e. The van der Waals surface area contributed by atoms with E-state index in [4.69, 9.17) is 10.2 Å². The Balaban J connectivity index is 1.87. The van der Waals surface area contributed by atoms with Gasteiger partial charge in [0.15, 0.2) is 0 Å². The minimum absolute atomic E-state index is 0.0596. The predicted molar refractivity (Wildman–Crippen MR) is 90.3 cm³/mol. The molecule has 23 heavy (non-hydrogen) atoms. The number of rotatable bonds is 7. The predicted octanol–water partition coefficient (Wildman–Crippen LogP) is 1.72. The summed E-state index contributed by atoms with van der Waals surface area (Å²) in [5.74, 6) is 0. The maximum Gasteiger partial charge on any atom is 0.238 e. The third-order valence-corrected chi connectivity index (χ3v) is 4.71. The van der Waals surface area contributed by atoms with Crippen molar-refractivity contribution < 1.29 is 13.5 Å². The summed E-state index contributed by atoms with van der Waals surface area (Å²) in [6, 6.07) is 14.6. The molecule has 2 rings (SSSR count). The molecule has 0 amide bonds. The van der Waals surface area contributed by atoms with Crippen molar-refractivity contribution in [3.63, 3.8) is 0 Å². The first-order chi connectivity index (χ1) is 10.9. The van der Waals surface area contributed by atoms with E-state index in [2.05, 4.69) is 5.32 Å². The number of benzene rings is 2. The molecule has 2 aromatic carbocycles. The van der Waals surface area contributed by atoms with Gasteiger partial charge in [-0.15, -0.1) is 0 Å². The van der Waals surface area contributed by atoms with Crippen LogP contribution in [-0.4, -0.2) is 20.1 Å². The molecule has 0 aliphatic rings. The topological polar surface area (TPSA) is 92.4 Å². The highest BCUT2D eigenvalue weighted by molar-refractivity contribution is 7.89. The van der Waals surface area contributed by atoms with Gasteiger partial charge in [0.05, 0.1) is 11.5 Å². The molecular formula is C17H22N2O3S. The Morgan fingerprint density at radius 2 is 1.61 bits per heavy atom. The van der Waals surface area contributed by atoms with Gasteiger partial charge in [-0.2, -0.15) is 0 Å². The van der Waals surface area contributed by atoms with E-state index in [1.54, 1.807) is 12.1 Å². The molecule has 0 aromatic heterocycles. The minimum Gasteiger partial charge on any atom is -0.392 e. The summed E-state index contributed by atoms with van der Waals surface area (Å²) >= 11 is 0. The first-order valence-electron chi connectivity index (χ1n) is 7.45. The lowest BCUT2D eigenvalue weighted by molar-refractivity contribution is 0.282. The molecule has 124 valence electrons. The molecular weight excluding hydrogens is 312 g/mol. The van der Waals surface area contributed by atoms with Crippen molar-refractivity contribution in [2.24, 2.45) is 5.14 Å². The van der Waals surface area contributed by atoms with E-state index in [9.17, 15) is 8.42 Å². The van der Waals surface area contributed by atoms with Crippen LogP contribution in [0.4, 0.5) is 0 Å². The van der Waals surface area contributed by atoms with Crippen molar-refractivity contribution in [2.75, 3.05) is 6.54 Å². The Hall–Kier alpha value is -1.73. The quantitative estimate of drug-likeness (QED) is 0.719. The van der Waals surface area contributed by atoms with Crippen LogP contribution in [0.15, 0.2) is 53.4 Å². The van der Waals surface area contributed by atoms with E-state index in [1.807, 2.05) is 31.2 Å². The van der Waals surface area contributed by atoms with Gasteiger partial charge >= 0.3 is 0 Å². The molecule has 0 spiro atoms. The zero-order valence-corrected chi connectivity index (χ0v) is 13.9. The average Bonchev–Trinajstić information content (AvgIpc) is 2.54. The first kappa shape index (κ1) is 17.6. The Morgan fingerprint density at radius 3 is 2.13 bits per heavy atom. The number of aliphatic hydroxyl groups is 1. The number of nitrogens with one attached hydrogen (secondary N) is 1. The fraction of sp³-hybridized carbons (Fsp3) is 0.294. The average molecular weight is 334 g/mol. The highest BCUT2D eigenvalue weighted by atomic mass is 32.2. The van der Waals surface area contributed by atoms with Crippen LogP contribution in [0.2, 0.25) is 0 Å². The molecule has 0 heterocycles. The zero-order chi connectivity index (χ0) is 16.9. The third-order valence-electron chi connectivity index (χ3n) is 3.78. The van der Waals surface area contributed by atoms with Crippen LogP contribution in [-0.2, 0) is 23.1 Å². The molecule has 1 unspecified atom stereocenters. The summed E-state index contributed by atoms with van der Waals surface area (Å²) in [5, 5.41) is 17.5. The van der Waals surface area contributed by atoms with E-state index in [1.165, 1.54) is 17.7 Å². The first-order valence-corrected chi connectivity index (χ1v) is 8.99. The second-order valence-electron chi connectivity index (χ2n) is 5.51. The van der Waals surface area contributed by atoms with Crippen molar-refractivity contribution >= 4 is 10.0 Å². The molecule has 0 aliphatic heterocycles. The second-order valence-corrected chi connectivity index (χ2v) is 7.08. The monoisotopic (exact) mass is 334 g/mol. The maximum atomic E-state index is 11.2. The van der Waals surface area contributed by atoms with E-state index < -0.39 is 10.0 Å². The number of hydrogen-bond donors (Lipinski definition) is 3. The summed E-state index contributed by atoms with van der Waals surface area (Å²) in [4.78, 5) is 0.123. The van der Waals surface area contributed by atoms with Crippen LogP contribution >= 0.6 is 0 Å². The molecule has 2 aromatic rings. The molecule has 0 bridgehead atoms. The normalized spacial score (nSPS) is 13.0. The Bertz CT molecular complexity index is 725. The molecule has 5 nitrogen and oxygen atoms in total. The van der Waals surface area contributed by atoms with Gasteiger partial charge in [0.2, 0.25) is 10.0 Å². The molecule has 0 radical (unpaired) electrons. The third kappa shape index (κ3) is 5.14. The zero-order valence-electron chi connectivity index (χ0n) is 13.1. The molecule has 6 heteroatoms. The Kier molecular flexibility index (Phi) is 5.90. The van der Waals surface area contributed by atoms with E-state index >= 15 is 0 Å². The molecule has 0 saturated carbocycles. The molecule has 1 atom stereocenters. The smallest absolute Gasteiger partial charge is 0.238 e. The van der Waals surface area contributed by atoms with E-state index in [0.29, 0.717) is 0 Å². The van der Waals surface area contributed by atoms with Crippen molar-refractivity contribution in [2.45, 2.75) is 30.9 Å². The molecule has 4 N–H and O–H groups in total. The van der Waals surface area contributed by atoms with Gasteiger partial charge in [-0.05, 0) is 48.7 Å². The number of primary sulfonamides is 1. The standard InChI is InChI=1S/C17H22N2O3S/c1-13(16-6-8-17(9-7-16)23(18,21)22)19-11-10-14-2-4-15(12-20)5-3-14/h2-9,13,19-20H,10-12H2,1H3,(H2,18,21,22). The van der Waals surface area contributed by atoms with Gasteiger partial charge in [-0.25, -0.2) is 13.6 Å². The molecule has 0 fully saturated rings. The lowest BCUT2D eigenvalue weighted by Gasteiger charge is -2.14. The van der Waals surface area contributed by atoms with Gasteiger partial charge in [0, 0.05) is 6.04 Å². The lowest BCUT2D eigenvalue weighted by atomic mass is 10.1. The minimum atomic E-state index is -3.64. The van der Waals surface area contributed by atoms with Crippen LogP contribution in [0.5, 0.6) is 0 Å². The van der Waals surface area contributed by atoms with Gasteiger partial charge in [0.1, 0.15) is 0 Å². The van der Waals surface area contributed by atoms with Crippen LogP contribution in [0.1, 0.15) is 29.7 Å². The number of sulfonamides is 1. The maximum absolute atomic E-state index is 11.2. The van der Waals surface area contributed by atoms with Gasteiger partial charge in [-0.3, -0.25) is 0 Å². The number of hydrogen-bond acceptors (Lipinski definition) is 4. The fourth-order valence-electron chi connectivity index (χ4n) is 2.31. The number of aliphatic hydroxyl groups excluding tert-OH is 1. The van der Waals surface area contributed by atoms with Crippen molar-refractivity contribution in [1.82, 2.24) is 5.32 Å². The molecule has 0 saturated heterocycles. The summed E-state index contributed by atoms with van der Waals surface area (Å²) in [6.07, 6.45) is 0.880. The highest BCUT2D eigenvalue weighted by Gasteiger charge is 2.09.